The van der Waals surface area contributed by atoms with E-state index < -0.39 is 23.9 Å². The van der Waals surface area contributed by atoms with E-state index in [0.29, 0.717) is 30.6 Å². The van der Waals surface area contributed by atoms with Gasteiger partial charge in [0.15, 0.2) is 0 Å². The van der Waals surface area contributed by atoms with Crippen molar-refractivity contribution in [3.05, 3.63) is 65.9 Å². The summed E-state index contributed by atoms with van der Waals surface area (Å²) >= 11 is 1.53. The molecule has 5 nitrogen and oxygen atoms in total. The van der Waals surface area contributed by atoms with Crippen LogP contribution in [0.25, 0.3) is 10.9 Å². The highest BCUT2D eigenvalue weighted by molar-refractivity contribution is 7.99. The molecule has 41 heavy (non-hydrogen) atoms. The quantitative estimate of drug-likeness (QED) is 0.123. The predicted molar refractivity (Wildman–Crippen MR) is 153 cm³/mol. The number of piperidine rings is 1. The molecule has 0 saturated carbocycles. The third kappa shape index (κ3) is 8.82. The molecule has 4 rings (SSSR count). The summed E-state index contributed by atoms with van der Waals surface area (Å²) in [6.07, 6.45) is -0.435. The van der Waals surface area contributed by atoms with Gasteiger partial charge in [0.05, 0.1) is 18.2 Å². The molecule has 1 aromatic heterocycles. The van der Waals surface area contributed by atoms with Crippen molar-refractivity contribution in [2.24, 2.45) is 11.8 Å². The number of benzene rings is 2. The molecule has 0 aliphatic carbocycles. The number of alkyl halides is 4. The highest BCUT2D eigenvalue weighted by Gasteiger charge is 2.31. The molecule has 1 aliphatic rings. The zero-order chi connectivity index (χ0) is 29.4. The van der Waals surface area contributed by atoms with Gasteiger partial charge in [-0.2, -0.15) is 13.2 Å². The van der Waals surface area contributed by atoms with Crippen LogP contribution >= 0.6 is 11.8 Å². The largest absolute Gasteiger partial charge is 0.497 e. The van der Waals surface area contributed by atoms with Crippen molar-refractivity contribution in [3.8, 4) is 5.75 Å². The average Bonchev–Trinajstić information content (AvgIpc) is 2.96. The van der Waals surface area contributed by atoms with Gasteiger partial charge in [-0.1, -0.05) is 0 Å². The first-order valence-electron chi connectivity index (χ1n) is 13.9. The van der Waals surface area contributed by atoms with Gasteiger partial charge in [0.2, 0.25) is 0 Å². The van der Waals surface area contributed by atoms with Crippen molar-refractivity contribution < 1.29 is 32.2 Å². The summed E-state index contributed by atoms with van der Waals surface area (Å²) in [6, 6.07) is 12.4. The van der Waals surface area contributed by atoms with Gasteiger partial charge in [0.25, 0.3) is 0 Å². The number of ether oxygens (including phenoxy) is 1. The molecule has 3 atom stereocenters. The van der Waals surface area contributed by atoms with Gasteiger partial charge in [-0.3, -0.25) is 9.78 Å². The maximum Gasteiger partial charge on any atom is 0.416 e. The molecule has 2 aromatic carbocycles. The normalized spacial score (nSPS) is 18.9. The van der Waals surface area contributed by atoms with Crippen LogP contribution in [-0.2, 0) is 11.0 Å². The van der Waals surface area contributed by atoms with E-state index in [0.717, 1.165) is 66.2 Å². The minimum absolute atomic E-state index is 0.0899. The Morgan fingerprint density at radius 2 is 1.93 bits per heavy atom. The van der Waals surface area contributed by atoms with Gasteiger partial charge in [-0.25, -0.2) is 4.39 Å². The third-order valence-electron chi connectivity index (χ3n) is 7.88. The van der Waals surface area contributed by atoms with E-state index in [1.54, 1.807) is 25.4 Å². The first kappa shape index (κ1) is 31.1. The lowest BCUT2D eigenvalue weighted by atomic mass is 9.79. The van der Waals surface area contributed by atoms with Crippen LogP contribution in [0.1, 0.15) is 55.8 Å². The lowest BCUT2D eigenvalue weighted by Gasteiger charge is -2.39. The van der Waals surface area contributed by atoms with Gasteiger partial charge in [-0.15, -0.1) is 11.8 Å². The molecule has 0 amide bonds. The number of nitrogens with zero attached hydrogens (tertiary/aromatic N) is 2. The van der Waals surface area contributed by atoms with E-state index in [4.69, 9.17) is 4.74 Å². The Morgan fingerprint density at radius 3 is 2.63 bits per heavy atom. The number of aliphatic carboxylic acids is 1. The fraction of sp³-hybridized carbons (Fsp3) is 0.484. The Morgan fingerprint density at radius 1 is 1.15 bits per heavy atom. The minimum atomic E-state index is -4.33. The summed E-state index contributed by atoms with van der Waals surface area (Å²) in [7, 11) is 1.58. The summed E-state index contributed by atoms with van der Waals surface area (Å²) in [5, 5.41) is 10.0. The summed E-state index contributed by atoms with van der Waals surface area (Å²) in [4.78, 5) is 18.8. The molecule has 2 unspecified atom stereocenters. The number of hydrogen-bond donors (Lipinski definition) is 1. The van der Waals surface area contributed by atoms with Crippen LogP contribution in [0.4, 0.5) is 17.6 Å². The number of hydrogen-bond acceptors (Lipinski definition) is 5. The Hall–Kier alpha value is -2.85. The molecule has 1 fully saturated rings. The Bertz CT molecular complexity index is 1290. The van der Waals surface area contributed by atoms with Crippen LogP contribution in [0, 0.1) is 11.8 Å². The van der Waals surface area contributed by atoms with Gasteiger partial charge in [0, 0.05) is 29.4 Å². The number of carboxylic acid groups (broad SMARTS) is 1. The Balaban J connectivity index is 1.29. The second-order valence-corrected chi connectivity index (χ2v) is 11.8. The molecule has 10 heteroatoms. The number of carboxylic acids is 1. The van der Waals surface area contributed by atoms with E-state index in [-0.39, 0.29) is 18.3 Å². The van der Waals surface area contributed by atoms with Crippen LogP contribution in [0.2, 0.25) is 0 Å². The molecule has 1 aliphatic heterocycles. The summed E-state index contributed by atoms with van der Waals surface area (Å²) in [6.45, 7) is 2.47. The van der Waals surface area contributed by atoms with E-state index in [2.05, 4.69) is 9.88 Å². The number of rotatable bonds is 13. The molecule has 222 valence electrons. The molecule has 0 bridgehead atoms. The summed E-state index contributed by atoms with van der Waals surface area (Å²) in [5.74, 6) is 1.02. The SMILES string of the molecule is COc1ccc2nccc([C@@H](F)CCC3CCN(CCCSc4ccc(C(F)(F)F)cc4)CC3CCC(=O)O)c2c1. The second kappa shape index (κ2) is 14.4. The monoisotopic (exact) mass is 592 g/mol. The molecular weight excluding hydrogens is 556 g/mol. The first-order valence-corrected chi connectivity index (χ1v) is 14.9. The smallest absolute Gasteiger partial charge is 0.416 e. The predicted octanol–water partition coefficient (Wildman–Crippen LogP) is 8.04. The number of fused-ring (bicyclic) bond motifs is 1. The number of carbonyl (C=O) groups is 1. The number of thioether (sulfide) groups is 1. The van der Waals surface area contributed by atoms with Crippen LogP contribution in [-0.4, -0.2) is 53.5 Å². The van der Waals surface area contributed by atoms with E-state index >= 15 is 4.39 Å². The summed E-state index contributed by atoms with van der Waals surface area (Å²) < 4.78 is 59.2. The van der Waals surface area contributed by atoms with Crippen molar-refractivity contribution in [3.63, 3.8) is 0 Å². The molecular formula is C31H36F4N2O3S. The van der Waals surface area contributed by atoms with Crippen LogP contribution in [0.15, 0.2) is 59.6 Å². The van der Waals surface area contributed by atoms with Crippen molar-refractivity contribution in [1.29, 1.82) is 0 Å². The van der Waals surface area contributed by atoms with Gasteiger partial charge >= 0.3 is 12.1 Å². The Kier molecular flexibility index (Phi) is 10.9. The minimum Gasteiger partial charge on any atom is -0.497 e. The van der Waals surface area contributed by atoms with Crippen molar-refractivity contribution >= 4 is 28.6 Å². The van der Waals surface area contributed by atoms with E-state index in [1.807, 2.05) is 12.1 Å². The molecule has 1 saturated heterocycles. The zero-order valence-electron chi connectivity index (χ0n) is 23.1. The van der Waals surface area contributed by atoms with Gasteiger partial charge in [-0.05, 0) is 117 Å². The van der Waals surface area contributed by atoms with E-state index in [9.17, 15) is 23.1 Å². The third-order valence-corrected chi connectivity index (χ3v) is 8.98. The lowest BCUT2D eigenvalue weighted by molar-refractivity contribution is -0.138. The van der Waals surface area contributed by atoms with Crippen LogP contribution in [0.3, 0.4) is 0 Å². The molecule has 1 N–H and O–H groups in total. The highest BCUT2D eigenvalue weighted by Crippen LogP contribution is 2.37. The van der Waals surface area contributed by atoms with Crippen molar-refractivity contribution in [1.82, 2.24) is 9.88 Å². The topological polar surface area (TPSA) is 62.7 Å². The number of aromatic nitrogens is 1. The number of halogens is 4. The molecule has 0 spiro atoms. The van der Waals surface area contributed by atoms with Crippen LogP contribution < -0.4 is 4.74 Å². The maximum absolute atomic E-state index is 15.6. The number of methoxy groups -OCH3 is 1. The number of pyridine rings is 1. The standard InChI is InChI=1S/C31H36F4N2O3S/c1-40-24-7-11-29-27(19-24)26(13-15-36-29)28(32)10-3-21-14-17-37(20-22(21)4-12-30(38)39)16-2-18-41-25-8-5-23(6-9-25)31(33,34)35/h5-9,11,13,15,19,21-22,28H,2-4,10,12,14,16-18,20H2,1H3,(H,38,39)/t21?,22?,28-/m0/s1. The highest BCUT2D eigenvalue weighted by atomic mass is 32.2. The maximum atomic E-state index is 15.6. The fourth-order valence-electron chi connectivity index (χ4n) is 5.66. The average molecular weight is 593 g/mol. The van der Waals surface area contributed by atoms with Gasteiger partial charge in [0.1, 0.15) is 11.9 Å². The summed E-state index contributed by atoms with van der Waals surface area (Å²) in [5.41, 5.74) is 0.666. The van der Waals surface area contributed by atoms with Gasteiger partial charge < -0.3 is 14.7 Å². The number of likely N-dealkylation sites (tertiary alicyclic amines) is 1. The van der Waals surface area contributed by atoms with E-state index in [1.165, 1.54) is 23.9 Å². The first-order chi connectivity index (χ1) is 19.6. The molecule has 0 radical (unpaired) electrons. The molecule has 2 heterocycles. The second-order valence-electron chi connectivity index (χ2n) is 10.6. The fourth-order valence-corrected chi connectivity index (χ4v) is 6.49. The Labute approximate surface area is 242 Å². The van der Waals surface area contributed by atoms with Crippen molar-refractivity contribution in [2.75, 3.05) is 32.5 Å². The lowest BCUT2D eigenvalue weighted by Crippen LogP contribution is -2.41. The van der Waals surface area contributed by atoms with Crippen molar-refractivity contribution in [2.45, 2.75) is 55.8 Å². The zero-order valence-corrected chi connectivity index (χ0v) is 23.9. The molecule has 3 aromatic rings. The van der Waals surface area contributed by atoms with Crippen LogP contribution in [0.5, 0.6) is 5.75 Å².